The van der Waals surface area contributed by atoms with Gasteiger partial charge in [-0.1, -0.05) is 98.6 Å². The van der Waals surface area contributed by atoms with E-state index in [1.54, 1.807) is 0 Å². The van der Waals surface area contributed by atoms with Gasteiger partial charge in [0.1, 0.15) is 0 Å². The largest absolute Gasteiger partial charge is 0.252 e. The van der Waals surface area contributed by atoms with E-state index in [1.165, 1.54) is 91.5 Å². The lowest BCUT2D eigenvalue weighted by atomic mass is 10.00. The quantitative estimate of drug-likeness (QED) is 0.143. The van der Waals surface area contributed by atoms with Crippen LogP contribution in [-0.2, 0) is 25.7 Å². The third kappa shape index (κ3) is 11.4. The van der Waals surface area contributed by atoms with Gasteiger partial charge >= 0.3 is 0 Å². The van der Waals surface area contributed by atoms with Crippen LogP contribution < -0.4 is 0 Å². The molecule has 204 valence electrons. The minimum absolute atomic E-state index is 1.01. The van der Waals surface area contributed by atoms with Gasteiger partial charge in [-0.3, -0.25) is 9.98 Å². The Bertz CT molecular complexity index is 938. The lowest BCUT2D eigenvalue weighted by Gasteiger charge is -2.13. The number of hydrogen-bond acceptors (Lipinski definition) is 2. The zero-order chi connectivity index (χ0) is 26.9. The highest BCUT2D eigenvalue weighted by Crippen LogP contribution is 2.24. The number of aliphatic imine (C=N–C) groups is 2. The lowest BCUT2D eigenvalue weighted by molar-refractivity contribution is 0.616. The lowest BCUT2D eigenvalue weighted by Crippen LogP contribution is -2.14. The van der Waals surface area contributed by atoms with Crippen molar-refractivity contribution in [3.05, 3.63) is 58.7 Å². The predicted octanol–water partition coefficient (Wildman–Crippen LogP) is 11.1. The molecule has 0 saturated heterocycles. The van der Waals surface area contributed by atoms with Gasteiger partial charge in [0.2, 0.25) is 0 Å². The van der Waals surface area contributed by atoms with Gasteiger partial charge in [-0.05, 0) is 97.9 Å². The number of benzene rings is 2. The van der Waals surface area contributed by atoms with Crippen LogP contribution in [0, 0.1) is 0 Å². The van der Waals surface area contributed by atoms with Crippen LogP contribution in [0.2, 0.25) is 0 Å². The van der Waals surface area contributed by atoms with Crippen molar-refractivity contribution in [2.45, 2.75) is 138 Å². The molecule has 37 heavy (non-hydrogen) atoms. The molecular formula is C35H54N2. The van der Waals surface area contributed by atoms with E-state index in [0.29, 0.717) is 0 Å². The number of unbranched alkanes of at least 4 members (excludes halogenated alkanes) is 7. The van der Waals surface area contributed by atoms with Crippen LogP contribution in [0.5, 0.6) is 0 Å². The van der Waals surface area contributed by atoms with Crippen molar-refractivity contribution < 1.29 is 0 Å². The predicted molar refractivity (Wildman–Crippen MR) is 167 cm³/mol. The minimum atomic E-state index is 1.01. The first-order valence-electron chi connectivity index (χ1n) is 15.5. The van der Waals surface area contributed by atoms with Crippen molar-refractivity contribution in [2.24, 2.45) is 9.98 Å². The first kappa shape index (κ1) is 31.0. The Morgan fingerprint density at radius 1 is 0.432 bits per heavy atom. The molecular weight excluding hydrogens is 448 g/mol. The molecule has 2 aromatic rings. The number of rotatable bonds is 18. The smallest absolute Gasteiger partial charge is 0.0639 e. The average Bonchev–Trinajstić information content (AvgIpc) is 2.93. The standard InChI is InChI=1S/C35H54N2/c1-7-13-15-16-17-19-21-35(37-33-26-30(11-5)23-31(12-6)27-33)34(20-18-14-8-2)36-32-24-28(9-3)22-29(10-4)25-32/h22-27H,7-21H2,1-6H3. The van der Waals surface area contributed by atoms with E-state index in [-0.39, 0.29) is 0 Å². The highest BCUT2D eigenvalue weighted by atomic mass is 14.8. The van der Waals surface area contributed by atoms with Crippen molar-refractivity contribution in [3.63, 3.8) is 0 Å². The van der Waals surface area contributed by atoms with E-state index in [9.17, 15) is 0 Å². The maximum atomic E-state index is 5.36. The SMILES string of the molecule is CCCCCCCCC(=Nc1cc(CC)cc(CC)c1)C(CCCCC)=Nc1cc(CC)cc(CC)c1. The molecule has 0 heterocycles. The van der Waals surface area contributed by atoms with Crippen LogP contribution in [0.15, 0.2) is 46.4 Å². The third-order valence-corrected chi connectivity index (χ3v) is 7.35. The van der Waals surface area contributed by atoms with Gasteiger partial charge in [0.05, 0.1) is 22.8 Å². The maximum Gasteiger partial charge on any atom is 0.0639 e. The second-order valence-electron chi connectivity index (χ2n) is 10.5. The molecule has 0 saturated carbocycles. The van der Waals surface area contributed by atoms with Gasteiger partial charge in [0, 0.05) is 0 Å². The van der Waals surface area contributed by atoms with Crippen LogP contribution >= 0.6 is 0 Å². The molecule has 2 nitrogen and oxygen atoms in total. The Balaban J connectivity index is 2.50. The molecule has 0 fully saturated rings. The zero-order valence-electron chi connectivity index (χ0n) is 25.0. The summed E-state index contributed by atoms with van der Waals surface area (Å²) in [6.07, 6.45) is 17.6. The van der Waals surface area contributed by atoms with Crippen molar-refractivity contribution in [1.82, 2.24) is 0 Å². The van der Waals surface area contributed by atoms with E-state index >= 15 is 0 Å². The zero-order valence-corrected chi connectivity index (χ0v) is 25.0. The van der Waals surface area contributed by atoms with E-state index in [0.717, 1.165) is 49.9 Å². The molecule has 2 aromatic carbocycles. The fourth-order valence-corrected chi connectivity index (χ4v) is 4.89. The summed E-state index contributed by atoms with van der Waals surface area (Å²) >= 11 is 0. The summed E-state index contributed by atoms with van der Waals surface area (Å²) in [6.45, 7) is 13.5. The van der Waals surface area contributed by atoms with Crippen LogP contribution in [-0.4, -0.2) is 11.4 Å². The molecule has 2 heteroatoms. The van der Waals surface area contributed by atoms with Crippen molar-refractivity contribution >= 4 is 22.8 Å². The Hall–Kier alpha value is -2.22. The van der Waals surface area contributed by atoms with Gasteiger partial charge in [-0.25, -0.2) is 0 Å². The second-order valence-corrected chi connectivity index (χ2v) is 10.5. The molecule has 0 aliphatic heterocycles. The molecule has 0 atom stereocenters. The van der Waals surface area contributed by atoms with Crippen LogP contribution in [0.3, 0.4) is 0 Å². The molecule has 0 aromatic heterocycles. The molecule has 0 aliphatic rings. The molecule has 0 unspecified atom stereocenters. The molecule has 0 aliphatic carbocycles. The topological polar surface area (TPSA) is 24.7 Å². The molecule has 0 radical (unpaired) electrons. The Kier molecular flexibility index (Phi) is 15.2. The molecule has 0 N–H and O–H groups in total. The summed E-state index contributed by atoms with van der Waals surface area (Å²) in [5.41, 5.74) is 10.1. The van der Waals surface area contributed by atoms with E-state index < -0.39 is 0 Å². The van der Waals surface area contributed by atoms with Crippen LogP contribution in [0.25, 0.3) is 0 Å². The van der Waals surface area contributed by atoms with E-state index in [4.69, 9.17) is 9.98 Å². The summed E-state index contributed by atoms with van der Waals surface area (Å²) in [5, 5.41) is 0. The first-order chi connectivity index (χ1) is 18.1. The van der Waals surface area contributed by atoms with E-state index in [2.05, 4.69) is 77.9 Å². The summed E-state index contributed by atoms with van der Waals surface area (Å²) < 4.78 is 0. The number of nitrogens with zero attached hydrogens (tertiary/aromatic N) is 2. The van der Waals surface area contributed by atoms with Gasteiger partial charge in [-0.2, -0.15) is 0 Å². The van der Waals surface area contributed by atoms with Crippen molar-refractivity contribution in [2.75, 3.05) is 0 Å². The van der Waals surface area contributed by atoms with Gasteiger partial charge in [-0.15, -0.1) is 0 Å². The minimum Gasteiger partial charge on any atom is -0.252 e. The summed E-state index contributed by atoms with van der Waals surface area (Å²) in [7, 11) is 0. The van der Waals surface area contributed by atoms with Gasteiger partial charge < -0.3 is 0 Å². The Morgan fingerprint density at radius 3 is 1.14 bits per heavy atom. The summed E-state index contributed by atoms with van der Waals surface area (Å²) in [4.78, 5) is 10.7. The summed E-state index contributed by atoms with van der Waals surface area (Å²) in [6, 6.07) is 13.8. The molecule has 0 bridgehead atoms. The van der Waals surface area contributed by atoms with Crippen molar-refractivity contribution in [1.29, 1.82) is 0 Å². The van der Waals surface area contributed by atoms with Crippen LogP contribution in [0.1, 0.15) is 134 Å². The fraction of sp³-hybridized carbons (Fsp3) is 0.600. The fourth-order valence-electron chi connectivity index (χ4n) is 4.89. The Morgan fingerprint density at radius 2 is 0.757 bits per heavy atom. The van der Waals surface area contributed by atoms with Crippen molar-refractivity contribution in [3.8, 4) is 0 Å². The van der Waals surface area contributed by atoms with E-state index in [1.807, 2.05) is 0 Å². The molecule has 2 rings (SSSR count). The highest BCUT2D eigenvalue weighted by molar-refractivity contribution is 6.43. The van der Waals surface area contributed by atoms with Crippen LogP contribution in [0.4, 0.5) is 11.4 Å². The highest BCUT2D eigenvalue weighted by Gasteiger charge is 2.12. The first-order valence-corrected chi connectivity index (χ1v) is 15.5. The van der Waals surface area contributed by atoms with Gasteiger partial charge in [0.15, 0.2) is 0 Å². The number of hydrogen-bond donors (Lipinski definition) is 0. The average molecular weight is 503 g/mol. The molecule has 0 amide bonds. The second kappa shape index (κ2) is 18.1. The van der Waals surface area contributed by atoms with Gasteiger partial charge in [0.25, 0.3) is 0 Å². The monoisotopic (exact) mass is 502 g/mol. The third-order valence-electron chi connectivity index (χ3n) is 7.35. The number of aryl methyl sites for hydroxylation is 4. The maximum absolute atomic E-state index is 5.36. The summed E-state index contributed by atoms with van der Waals surface area (Å²) in [5.74, 6) is 0. The Labute approximate surface area is 229 Å². The normalized spacial score (nSPS) is 12.4. The molecule has 0 spiro atoms.